The molecule has 0 saturated carbocycles. The number of anilines is 3. The van der Waals surface area contributed by atoms with Gasteiger partial charge < -0.3 is 9.47 Å². The van der Waals surface area contributed by atoms with Gasteiger partial charge in [0.15, 0.2) is 0 Å². The van der Waals surface area contributed by atoms with E-state index >= 15 is 0 Å². The summed E-state index contributed by atoms with van der Waals surface area (Å²) in [4.78, 5) is 2.46. The molecule has 0 amide bonds. The van der Waals surface area contributed by atoms with Crippen LogP contribution in [0.4, 0.5) is 17.1 Å². The lowest BCUT2D eigenvalue weighted by Gasteiger charge is -2.32. The Labute approximate surface area is 353 Å². The summed E-state index contributed by atoms with van der Waals surface area (Å²) in [6.45, 7) is 4.75. The molecule has 0 unspecified atom stereocenters. The number of fused-ring (bicyclic) bond motifs is 9. The molecular weight excluding hydrogens is 745 g/mol. The van der Waals surface area contributed by atoms with Gasteiger partial charge in [-0.15, -0.1) is 11.3 Å². The largest absolute Gasteiger partial charge is 0.310 e. The van der Waals surface area contributed by atoms with Crippen molar-refractivity contribution in [2.75, 3.05) is 4.90 Å². The fraction of sp³-hybridized carbons (Fsp3) is 0.0526. The molecule has 2 nitrogen and oxygen atoms in total. The minimum atomic E-state index is -0.174. The van der Waals surface area contributed by atoms with Crippen LogP contribution in [-0.2, 0) is 5.41 Å². The lowest BCUT2D eigenvalue weighted by atomic mass is 9.81. The summed E-state index contributed by atoms with van der Waals surface area (Å²) in [5, 5.41) is 5.17. The van der Waals surface area contributed by atoms with Crippen molar-refractivity contribution in [3.63, 3.8) is 0 Å². The Bertz CT molecular complexity index is 3430. The second-order valence-electron chi connectivity index (χ2n) is 16.5. The Morgan fingerprint density at radius 3 is 1.83 bits per heavy atom. The number of para-hydroxylation sites is 1. The number of hydrogen-bond acceptors (Lipinski definition) is 2. The van der Waals surface area contributed by atoms with Crippen LogP contribution in [0.3, 0.4) is 0 Å². The first-order valence-electron chi connectivity index (χ1n) is 20.8. The lowest BCUT2D eigenvalue weighted by Crippen LogP contribution is -2.20. The number of rotatable bonds is 6. The Morgan fingerprint density at radius 2 is 1.05 bits per heavy atom. The molecule has 0 radical (unpaired) electrons. The van der Waals surface area contributed by atoms with Crippen LogP contribution in [0.25, 0.3) is 81.0 Å². The van der Waals surface area contributed by atoms with E-state index in [4.69, 9.17) is 0 Å². The first-order chi connectivity index (χ1) is 29.5. The van der Waals surface area contributed by atoms with Crippen molar-refractivity contribution in [2.24, 2.45) is 0 Å². The smallest absolute Gasteiger partial charge is 0.0555 e. The number of hydrogen-bond donors (Lipinski definition) is 0. The quantitative estimate of drug-likeness (QED) is 0.163. The fourth-order valence-corrected chi connectivity index (χ4v) is 11.2. The number of benzene rings is 9. The molecule has 2 heterocycles. The topological polar surface area (TPSA) is 8.17 Å². The molecule has 0 spiro atoms. The standard InChI is InChI=1S/C57H40N2S/c1-57(2)49-23-11-9-19-44(49)46-22-14-25-51(56(46)57)58(41-31-27-38(28-32-41)37-15-5-3-6-16-37)42-33-29-39(30-34-42)43-21-13-24-50-55(43)48-35-47-45-20-10-12-26-53(45)60-54(47)36-52(48)59(50)40-17-7-4-8-18-40/h3-36H,1-2H3. The molecule has 11 aromatic rings. The first kappa shape index (κ1) is 34.8. The summed E-state index contributed by atoms with van der Waals surface area (Å²) in [6, 6.07) is 76.0. The van der Waals surface area contributed by atoms with E-state index < -0.39 is 0 Å². The highest BCUT2D eigenvalue weighted by molar-refractivity contribution is 7.25. The van der Waals surface area contributed by atoms with E-state index in [0.717, 1.165) is 11.4 Å². The van der Waals surface area contributed by atoms with Crippen molar-refractivity contribution in [1.82, 2.24) is 4.57 Å². The molecule has 1 aliphatic carbocycles. The van der Waals surface area contributed by atoms with Gasteiger partial charge in [-0.3, -0.25) is 0 Å². The Morgan fingerprint density at radius 1 is 0.433 bits per heavy atom. The van der Waals surface area contributed by atoms with Crippen molar-refractivity contribution < 1.29 is 0 Å². The number of nitrogens with zero attached hydrogens (tertiary/aromatic N) is 2. The van der Waals surface area contributed by atoms with Crippen molar-refractivity contribution in [3.05, 3.63) is 217 Å². The number of aromatic nitrogens is 1. The summed E-state index contributed by atoms with van der Waals surface area (Å²) in [7, 11) is 0. The van der Waals surface area contributed by atoms with Gasteiger partial charge in [0.2, 0.25) is 0 Å². The number of thiophene rings is 1. The average Bonchev–Trinajstić information content (AvgIpc) is 3.91. The normalized spacial score (nSPS) is 13.0. The third kappa shape index (κ3) is 5.26. The van der Waals surface area contributed by atoms with Gasteiger partial charge in [0.1, 0.15) is 0 Å². The van der Waals surface area contributed by atoms with E-state index in [2.05, 4.69) is 230 Å². The van der Waals surface area contributed by atoms with Crippen LogP contribution in [0, 0.1) is 0 Å². The van der Waals surface area contributed by atoms with Crippen molar-refractivity contribution >= 4 is 70.4 Å². The van der Waals surface area contributed by atoms with E-state index in [1.807, 2.05) is 11.3 Å². The van der Waals surface area contributed by atoms with E-state index in [1.54, 1.807) is 0 Å². The van der Waals surface area contributed by atoms with Crippen LogP contribution in [0.1, 0.15) is 25.0 Å². The molecule has 0 fully saturated rings. The second kappa shape index (κ2) is 13.4. The average molecular weight is 785 g/mol. The van der Waals surface area contributed by atoms with Gasteiger partial charge in [-0.05, 0) is 111 Å². The molecule has 9 aromatic carbocycles. The molecule has 0 atom stereocenters. The van der Waals surface area contributed by atoms with Crippen LogP contribution in [0.15, 0.2) is 206 Å². The van der Waals surface area contributed by atoms with E-state index in [1.165, 1.54) is 97.9 Å². The van der Waals surface area contributed by atoms with Crippen molar-refractivity contribution in [3.8, 4) is 39.1 Å². The van der Waals surface area contributed by atoms with Gasteiger partial charge in [0.25, 0.3) is 0 Å². The summed E-state index contributed by atoms with van der Waals surface area (Å²) < 4.78 is 5.08. The van der Waals surface area contributed by atoms with E-state index in [-0.39, 0.29) is 5.41 Å². The molecule has 284 valence electrons. The summed E-state index contributed by atoms with van der Waals surface area (Å²) in [5.41, 5.74) is 17.1. The third-order valence-corrected chi connectivity index (χ3v) is 13.9. The van der Waals surface area contributed by atoms with Gasteiger partial charge in [0.05, 0.1) is 16.7 Å². The molecule has 0 bridgehead atoms. The van der Waals surface area contributed by atoms with E-state index in [9.17, 15) is 0 Å². The Kier molecular flexibility index (Phi) is 7.79. The SMILES string of the molecule is CC1(C)c2ccccc2-c2cccc(N(c3ccc(-c4ccccc4)cc3)c3ccc(-c4cccc5c4c4cc6c(cc4n5-c4ccccc4)sc4ccccc46)cc3)c21. The van der Waals surface area contributed by atoms with Crippen molar-refractivity contribution in [2.45, 2.75) is 19.3 Å². The van der Waals surface area contributed by atoms with Gasteiger partial charge in [-0.2, -0.15) is 0 Å². The molecule has 1 aliphatic rings. The highest BCUT2D eigenvalue weighted by atomic mass is 32.1. The molecule has 0 aliphatic heterocycles. The zero-order chi connectivity index (χ0) is 40.0. The van der Waals surface area contributed by atoms with Crippen LogP contribution in [-0.4, -0.2) is 4.57 Å². The zero-order valence-electron chi connectivity index (χ0n) is 33.4. The van der Waals surface area contributed by atoms with E-state index in [0.29, 0.717) is 0 Å². The fourth-order valence-electron chi connectivity index (χ4n) is 10.0. The minimum Gasteiger partial charge on any atom is -0.310 e. The van der Waals surface area contributed by atoms with Gasteiger partial charge >= 0.3 is 0 Å². The highest BCUT2D eigenvalue weighted by Crippen LogP contribution is 2.54. The molecular formula is C57H40N2S. The summed E-state index contributed by atoms with van der Waals surface area (Å²) in [5.74, 6) is 0. The maximum atomic E-state index is 2.46. The van der Waals surface area contributed by atoms with Crippen molar-refractivity contribution in [1.29, 1.82) is 0 Å². The minimum absolute atomic E-state index is 0.174. The monoisotopic (exact) mass is 784 g/mol. The molecule has 3 heteroatoms. The zero-order valence-corrected chi connectivity index (χ0v) is 34.2. The Balaban J connectivity index is 1.05. The predicted octanol–water partition coefficient (Wildman–Crippen LogP) is 16.3. The summed E-state index contributed by atoms with van der Waals surface area (Å²) in [6.07, 6.45) is 0. The third-order valence-electron chi connectivity index (χ3n) is 12.8. The Hall–Kier alpha value is -7.20. The second-order valence-corrected chi connectivity index (χ2v) is 17.6. The maximum absolute atomic E-state index is 2.46. The van der Waals surface area contributed by atoms with Gasteiger partial charge in [0, 0.05) is 53.4 Å². The molecule has 60 heavy (non-hydrogen) atoms. The van der Waals surface area contributed by atoms with Crippen LogP contribution in [0.2, 0.25) is 0 Å². The first-order valence-corrected chi connectivity index (χ1v) is 21.6. The maximum Gasteiger partial charge on any atom is 0.0555 e. The molecule has 12 rings (SSSR count). The van der Waals surface area contributed by atoms with Gasteiger partial charge in [-0.1, -0.05) is 153 Å². The summed E-state index contributed by atoms with van der Waals surface area (Å²) >= 11 is 1.88. The van der Waals surface area contributed by atoms with Crippen LogP contribution in [0.5, 0.6) is 0 Å². The molecule has 0 saturated heterocycles. The van der Waals surface area contributed by atoms with Gasteiger partial charge in [-0.25, -0.2) is 0 Å². The molecule has 2 aromatic heterocycles. The van der Waals surface area contributed by atoms with Crippen LogP contribution >= 0.6 is 11.3 Å². The lowest BCUT2D eigenvalue weighted by molar-refractivity contribution is 0.661. The predicted molar refractivity (Wildman–Crippen MR) is 257 cm³/mol. The molecule has 0 N–H and O–H groups in total. The van der Waals surface area contributed by atoms with Crippen LogP contribution < -0.4 is 4.90 Å². The highest BCUT2D eigenvalue weighted by Gasteiger charge is 2.38.